The molecule has 0 saturated heterocycles. The number of nitrogens with one attached hydrogen (secondary N) is 1. The Hall–Kier alpha value is -2.27. The van der Waals surface area contributed by atoms with Gasteiger partial charge in [0.05, 0.1) is 19.2 Å². The quantitative estimate of drug-likeness (QED) is 0.405. The first-order valence-corrected chi connectivity index (χ1v) is 9.30. The molecule has 2 rings (SSSR count). The number of hydrogen-bond donors (Lipinski definition) is 2. The van der Waals surface area contributed by atoms with Crippen molar-refractivity contribution in [3.8, 4) is 5.75 Å². The fraction of sp³-hybridized carbons (Fsp3) is 0.476. The van der Waals surface area contributed by atoms with Crippen LogP contribution in [0, 0.1) is 5.92 Å². The molecule has 5 nitrogen and oxygen atoms in total. The lowest BCUT2D eigenvalue weighted by Crippen LogP contribution is -2.43. The lowest BCUT2D eigenvalue weighted by atomic mass is 10.0. The highest BCUT2D eigenvalue weighted by Gasteiger charge is 2.22. The number of nitrogens with zero attached hydrogens (tertiary/aromatic N) is 2. The summed E-state index contributed by atoms with van der Waals surface area (Å²) in [6, 6.07) is 8.50. The molecule has 0 spiro atoms. The van der Waals surface area contributed by atoms with Gasteiger partial charge in [-0.1, -0.05) is 44.2 Å². The van der Waals surface area contributed by atoms with Gasteiger partial charge in [0.2, 0.25) is 0 Å². The Balaban J connectivity index is 2.04. The molecular formula is C21H32N4O. The van der Waals surface area contributed by atoms with E-state index in [1.165, 1.54) is 0 Å². The first-order chi connectivity index (χ1) is 12.6. The summed E-state index contributed by atoms with van der Waals surface area (Å²) in [5.41, 5.74) is 7.33. The molecule has 0 aromatic heterocycles. The van der Waals surface area contributed by atoms with E-state index >= 15 is 0 Å². The molecule has 26 heavy (non-hydrogen) atoms. The molecule has 2 unspecified atom stereocenters. The van der Waals surface area contributed by atoms with Gasteiger partial charge in [0.1, 0.15) is 5.75 Å². The van der Waals surface area contributed by atoms with E-state index in [4.69, 9.17) is 10.5 Å². The molecule has 0 aliphatic carbocycles. The van der Waals surface area contributed by atoms with Gasteiger partial charge in [-0.15, -0.1) is 13.2 Å². The van der Waals surface area contributed by atoms with Crippen LogP contribution in [0.1, 0.15) is 31.9 Å². The molecule has 2 atom stereocenters. The smallest absolute Gasteiger partial charge is 0.189 e. The molecule has 3 N–H and O–H groups in total. The van der Waals surface area contributed by atoms with Crippen molar-refractivity contribution in [1.29, 1.82) is 0 Å². The molecule has 0 amide bonds. The van der Waals surface area contributed by atoms with E-state index in [9.17, 15) is 0 Å². The summed E-state index contributed by atoms with van der Waals surface area (Å²) >= 11 is 0. The van der Waals surface area contributed by atoms with E-state index in [-0.39, 0.29) is 12.1 Å². The number of guanidine groups is 1. The number of hydrogen-bond acceptors (Lipinski definition) is 3. The average Bonchev–Trinajstić information content (AvgIpc) is 2.62. The Morgan fingerprint density at radius 1 is 1.35 bits per heavy atom. The van der Waals surface area contributed by atoms with Crippen LogP contribution in [0.2, 0.25) is 0 Å². The number of rotatable bonds is 9. The van der Waals surface area contributed by atoms with Crippen LogP contribution >= 0.6 is 0 Å². The minimum atomic E-state index is 0.138. The van der Waals surface area contributed by atoms with Gasteiger partial charge in [0.25, 0.3) is 0 Å². The molecule has 1 heterocycles. The zero-order valence-corrected chi connectivity index (χ0v) is 16.0. The van der Waals surface area contributed by atoms with Gasteiger partial charge in [-0.25, -0.2) is 0 Å². The van der Waals surface area contributed by atoms with Crippen LogP contribution in [0.3, 0.4) is 0 Å². The molecule has 1 aromatic rings. The van der Waals surface area contributed by atoms with Crippen LogP contribution in [-0.2, 0) is 0 Å². The van der Waals surface area contributed by atoms with Crippen molar-refractivity contribution in [1.82, 2.24) is 10.2 Å². The Morgan fingerprint density at radius 2 is 2.04 bits per heavy atom. The molecule has 0 radical (unpaired) electrons. The largest absolute Gasteiger partial charge is 0.493 e. The second-order valence-corrected chi connectivity index (χ2v) is 6.94. The zero-order valence-electron chi connectivity index (χ0n) is 16.0. The first-order valence-electron chi connectivity index (χ1n) is 9.30. The van der Waals surface area contributed by atoms with Crippen molar-refractivity contribution >= 4 is 5.96 Å². The molecule has 142 valence electrons. The highest BCUT2D eigenvalue weighted by Crippen LogP contribution is 2.31. The molecule has 5 heteroatoms. The van der Waals surface area contributed by atoms with Crippen molar-refractivity contribution < 1.29 is 4.74 Å². The number of para-hydroxylation sites is 1. The molecule has 0 bridgehead atoms. The minimum Gasteiger partial charge on any atom is -0.493 e. The average molecular weight is 357 g/mol. The summed E-state index contributed by atoms with van der Waals surface area (Å²) in [6.45, 7) is 15.1. The maximum absolute atomic E-state index is 6.20. The van der Waals surface area contributed by atoms with Crippen molar-refractivity contribution in [2.24, 2.45) is 16.6 Å². The zero-order chi connectivity index (χ0) is 18.9. The molecule has 0 saturated carbocycles. The number of aliphatic imine (C=N–C) groups is 1. The second kappa shape index (κ2) is 10.0. The highest BCUT2D eigenvalue weighted by molar-refractivity contribution is 5.78. The van der Waals surface area contributed by atoms with E-state index in [0.29, 0.717) is 25.0 Å². The molecule has 0 fully saturated rings. The van der Waals surface area contributed by atoms with E-state index in [2.05, 4.69) is 48.3 Å². The van der Waals surface area contributed by atoms with Gasteiger partial charge in [0.15, 0.2) is 5.96 Å². The van der Waals surface area contributed by atoms with Crippen LogP contribution in [0.25, 0.3) is 0 Å². The van der Waals surface area contributed by atoms with E-state index in [1.807, 2.05) is 30.4 Å². The Bertz CT molecular complexity index is 616. The van der Waals surface area contributed by atoms with E-state index in [1.54, 1.807) is 0 Å². The lowest BCUT2D eigenvalue weighted by Gasteiger charge is -2.32. The van der Waals surface area contributed by atoms with Crippen LogP contribution in [-0.4, -0.2) is 43.1 Å². The predicted molar refractivity (Wildman–Crippen MR) is 110 cm³/mol. The van der Waals surface area contributed by atoms with Crippen molar-refractivity contribution in [2.45, 2.75) is 32.4 Å². The van der Waals surface area contributed by atoms with Crippen molar-refractivity contribution in [3.05, 3.63) is 55.1 Å². The third-order valence-electron chi connectivity index (χ3n) is 4.70. The van der Waals surface area contributed by atoms with Crippen molar-refractivity contribution in [3.63, 3.8) is 0 Å². The number of fused-ring (bicyclic) bond motifs is 1. The highest BCUT2D eigenvalue weighted by atomic mass is 16.5. The Morgan fingerprint density at radius 3 is 2.69 bits per heavy atom. The summed E-state index contributed by atoms with van der Waals surface area (Å²) in [5.74, 6) is 1.86. The third-order valence-corrected chi connectivity index (χ3v) is 4.70. The van der Waals surface area contributed by atoms with Gasteiger partial charge >= 0.3 is 0 Å². The van der Waals surface area contributed by atoms with Gasteiger partial charge in [-0.2, -0.15) is 0 Å². The third kappa shape index (κ3) is 5.36. The summed E-state index contributed by atoms with van der Waals surface area (Å²) in [4.78, 5) is 6.96. The summed E-state index contributed by atoms with van der Waals surface area (Å²) in [5, 5.41) is 3.36. The molecule has 1 aliphatic heterocycles. The standard InChI is InChI=1S/C21H32N4O/c1-5-12-25(13-6-2)19(16(3)4)15-23-21(22)24-18-11-14-26-20-10-8-7-9-17(18)20/h5-10,16,18-19H,1-2,11-15H2,3-4H3,(H3,22,23,24). The number of ether oxygens (including phenoxy) is 1. The predicted octanol–water partition coefficient (Wildman–Crippen LogP) is 3.11. The van der Waals surface area contributed by atoms with Crippen LogP contribution < -0.4 is 15.8 Å². The monoisotopic (exact) mass is 356 g/mol. The van der Waals surface area contributed by atoms with Crippen LogP contribution in [0.15, 0.2) is 54.6 Å². The van der Waals surface area contributed by atoms with Crippen LogP contribution in [0.5, 0.6) is 5.75 Å². The SMILES string of the molecule is C=CCN(CC=C)C(CN=C(N)NC1CCOc2ccccc21)C(C)C. The van der Waals surface area contributed by atoms with Crippen LogP contribution in [0.4, 0.5) is 0 Å². The Kier molecular flexibility index (Phi) is 7.73. The Labute approximate surface area is 157 Å². The lowest BCUT2D eigenvalue weighted by molar-refractivity contribution is 0.195. The molecular weight excluding hydrogens is 324 g/mol. The maximum atomic E-state index is 6.20. The van der Waals surface area contributed by atoms with Gasteiger partial charge < -0.3 is 15.8 Å². The van der Waals surface area contributed by atoms with Gasteiger partial charge in [-0.3, -0.25) is 9.89 Å². The van der Waals surface area contributed by atoms with Crippen molar-refractivity contribution in [2.75, 3.05) is 26.2 Å². The first kappa shape index (κ1) is 20.0. The molecule has 1 aliphatic rings. The summed E-state index contributed by atoms with van der Waals surface area (Å²) in [7, 11) is 0. The molecule has 1 aromatic carbocycles. The summed E-state index contributed by atoms with van der Waals surface area (Å²) < 4.78 is 5.70. The normalized spacial score (nSPS) is 18.2. The number of benzene rings is 1. The van der Waals surface area contributed by atoms with Gasteiger partial charge in [0, 0.05) is 31.1 Å². The van der Waals surface area contributed by atoms with E-state index in [0.717, 1.165) is 30.8 Å². The fourth-order valence-electron chi connectivity index (χ4n) is 3.33. The van der Waals surface area contributed by atoms with E-state index < -0.39 is 0 Å². The summed E-state index contributed by atoms with van der Waals surface area (Å²) in [6.07, 6.45) is 4.71. The fourth-order valence-corrected chi connectivity index (χ4v) is 3.33. The maximum Gasteiger partial charge on any atom is 0.189 e. The number of nitrogens with two attached hydrogens (primary N) is 1. The minimum absolute atomic E-state index is 0.138. The second-order valence-electron chi connectivity index (χ2n) is 6.94. The van der Waals surface area contributed by atoms with Gasteiger partial charge in [-0.05, 0) is 12.0 Å². The topological polar surface area (TPSA) is 62.9 Å².